The summed E-state index contributed by atoms with van der Waals surface area (Å²) in [5.74, 6) is 0. The number of hydrogen-bond donors (Lipinski definition) is 0. The molecule has 0 fully saturated rings. The molecule has 9 aromatic carbocycles. The fourth-order valence-electron chi connectivity index (χ4n) is 9.05. The predicted octanol–water partition coefficient (Wildman–Crippen LogP) is 14.8. The number of rotatable bonds is 5. The van der Waals surface area contributed by atoms with Gasteiger partial charge in [-0.05, 0) is 100 Å². The molecule has 0 bridgehead atoms. The van der Waals surface area contributed by atoms with Gasteiger partial charge in [0, 0.05) is 38.0 Å². The van der Waals surface area contributed by atoms with Crippen LogP contribution in [-0.4, -0.2) is 9.13 Å². The molecule has 57 heavy (non-hydrogen) atoms. The van der Waals surface area contributed by atoms with Gasteiger partial charge < -0.3 is 13.6 Å². The zero-order valence-electron chi connectivity index (χ0n) is 30.9. The molecule has 0 N–H and O–H groups in total. The average Bonchev–Trinajstić information content (AvgIpc) is 3.94. The van der Waals surface area contributed by atoms with Crippen LogP contribution in [0.1, 0.15) is 0 Å². The lowest BCUT2D eigenvalue weighted by Crippen LogP contribution is -1.94. The van der Waals surface area contributed by atoms with Crippen molar-refractivity contribution in [1.29, 1.82) is 0 Å². The van der Waals surface area contributed by atoms with Crippen molar-refractivity contribution >= 4 is 65.6 Å². The second-order valence-corrected chi connectivity index (χ2v) is 14.9. The Kier molecular flexibility index (Phi) is 6.93. The Morgan fingerprint density at radius 2 is 0.754 bits per heavy atom. The van der Waals surface area contributed by atoms with Crippen molar-refractivity contribution in [3.63, 3.8) is 0 Å². The first-order chi connectivity index (χ1) is 28.3. The Morgan fingerprint density at radius 3 is 1.42 bits per heavy atom. The van der Waals surface area contributed by atoms with Gasteiger partial charge in [-0.25, -0.2) is 0 Å². The molecule has 0 saturated carbocycles. The first-order valence-corrected chi connectivity index (χ1v) is 19.5. The van der Waals surface area contributed by atoms with Gasteiger partial charge in [0.15, 0.2) is 5.58 Å². The first-order valence-electron chi connectivity index (χ1n) is 19.5. The van der Waals surface area contributed by atoms with E-state index in [1.165, 1.54) is 60.4 Å². The van der Waals surface area contributed by atoms with Crippen LogP contribution < -0.4 is 0 Å². The van der Waals surface area contributed by atoms with E-state index < -0.39 is 0 Å². The maximum atomic E-state index is 6.77. The Labute approximate surface area is 328 Å². The van der Waals surface area contributed by atoms with Crippen molar-refractivity contribution in [3.8, 4) is 44.8 Å². The van der Waals surface area contributed by atoms with Gasteiger partial charge in [0.05, 0.1) is 27.8 Å². The van der Waals surface area contributed by atoms with E-state index in [1.54, 1.807) is 0 Å². The average molecular weight is 727 g/mol. The van der Waals surface area contributed by atoms with E-state index in [1.807, 2.05) is 0 Å². The molecule has 0 aliphatic rings. The topological polar surface area (TPSA) is 23.0 Å². The number of benzene rings is 9. The van der Waals surface area contributed by atoms with Gasteiger partial charge >= 0.3 is 0 Å². The summed E-state index contributed by atoms with van der Waals surface area (Å²) in [7, 11) is 0. The van der Waals surface area contributed by atoms with Gasteiger partial charge in [-0.2, -0.15) is 0 Å². The van der Waals surface area contributed by atoms with Crippen LogP contribution in [0.4, 0.5) is 0 Å². The summed E-state index contributed by atoms with van der Waals surface area (Å²) in [4.78, 5) is 0. The van der Waals surface area contributed by atoms with E-state index in [-0.39, 0.29) is 0 Å². The molecule has 0 unspecified atom stereocenters. The third kappa shape index (κ3) is 4.92. The largest absolute Gasteiger partial charge is 0.454 e. The molecular formula is C54H34N2O. The summed E-state index contributed by atoms with van der Waals surface area (Å²) in [6.07, 6.45) is 0. The number of fused-ring (bicyclic) bond motifs is 9. The molecule has 3 heterocycles. The summed E-state index contributed by atoms with van der Waals surface area (Å²) in [6, 6.07) is 74.3. The maximum Gasteiger partial charge on any atom is 0.159 e. The van der Waals surface area contributed by atoms with Crippen LogP contribution in [0.2, 0.25) is 0 Å². The number of nitrogens with zero attached hydrogens (tertiary/aromatic N) is 2. The number of furan rings is 1. The lowest BCUT2D eigenvalue weighted by Gasteiger charge is -2.10. The summed E-state index contributed by atoms with van der Waals surface area (Å²) in [6.45, 7) is 0. The molecule has 3 nitrogen and oxygen atoms in total. The van der Waals surface area contributed by atoms with Crippen LogP contribution in [0.15, 0.2) is 211 Å². The van der Waals surface area contributed by atoms with Crippen molar-refractivity contribution in [2.45, 2.75) is 0 Å². The molecule has 0 amide bonds. The normalized spacial score (nSPS) is 11.9. The molecule has 0 aliphatic heterocycles. The minimum absolute atomic E-state index is 0.890. The van der Waals surface area contributed by atoms with Crippen LogP contribution in [0.3, 0.4) is 0 Å². The second-order valence-electron chi connectivity index (χ2n) is 14.9. The highest BCUT2D eigenvalue weighted by molar-refractivity contribution is 6.14. The smallest absolute Gasteiger partial charge is 0.159 e. The highest BCUT2D eigenvalue weighted by atomic mass is 16.3. The highest BCUT2D eigenvalue weighted by Crippen LogP contribution is 2.41. The van der Waals surface area contributed by atoms with E-state index >= 15 is 0 Å². The van der Waals surface area contributed by atoms with Crippen LogP contribution in [0.5, 0.6) is 0 Å². The van der Waals surface area contributed by atoms with Crippen LogP contribution in [-0.2, 0) is 0 Å². The lowest BCUT2D eigenvalue weighted by atomic mass is 10.0. The molecule has 0 radical (unpaired) electrons. The maximum absolute atomic E-state index is 6.77. The monoisotopic (exact) mass is 726 g/mol. The summed E-state index contributed by atoms with van der Waals surface area (Å²) >= 11 is 0. The molecule has 12 rings (SSSR count). The Balaban J connectivity index is 0.993. The minimum atomic E-state index is 0.890. The van der Waals surface area contributed by atoms with Crippen molar-refractivity contribution in [2.75, 3.05) is 0 Å². The van der Waals surface area contributed by atoms with Crippen molar-refractivity contribution in [2.24, 2.45) is 0 Å². The Morgan fingerprint density at radius 1 is 0.281 bits per heavy atom. The number of aromatic nitrogens is 2. The van der Waals surface area contributed by atoms with Crippen LogP contribution in [0.25, 0.3) is 110 Å². The molecule has 0 atom stereocenters. The number of hydrogen-bond acceptors (Lipinski definition) is 1. The summed E-state index contributed by atoms with van der Waals surface area (Å²) < 4.78 is 11.5. The molecule has 0 aliphatic carbocycles. The van der Waals surface area contributed by atoms with Crippen molar-refractivity contribution in [1.82, 2.24) is 9.13 Å². The third-order valence-corrected chi connectivity index (χ3v) is 11.7. The van der Waals surface area contributed by atoms with Gasteiger partial charge in [0.25, 0.3) is 0 Å². The first kappa shape index (κ1) is 31.7. The fraction of sp³-hybridized carbons (Fsp3) is 0. The van der Waals surface area contributed by atoms with Crippen LogP contribution in [0, 0.1) is 0 Å². The zero-order valence-corrected chi connectivity index (χ0v) is 30.9. The van der Waals surface area contributed by atoms with Crippen molar-refractivity contribution in [3.05, 3.63) is 206 Å². The van der Waals surface area contributed by atoms with Crippen molar-refractivity contribution < 1.29 is 4.42 Å². The molecule has 266 valence electrons. The second kappa shape index (κ2) is 12.5. The minimum Gasteiger partial charge on any atom is -0.454 e. The van der Waals surface area contributed by atoms with E-state index in [0.29, 0.717) is 0 Å². The molecule has 3 aromatic heterocycles. The number of para-hydroxylation sites is 3. The zero-order chi connectivity index (χ0) is 37.5. The summed E-state index contributed by atoms with van der Waals surface area (Å²) in [5, 5.41) is 7.15. The lowest BCUT2D eigenvalue weighted by molar-refractivity contribution is 0.666. The highest BCUT2D eigenvalue weighted by Gasteiger charge is 2.19. The van der Waals surface area contributed by atoms with E-state index in [4.69, 9.17) is 4.42 Å². The summed E-state index contributed by atoms with van der Waals surface area (Å²) in [5.41, 5.74) is 15.8. The predicted molar refractivity (Wildman–Crippen MR) is 239 cm³/mol. The van der Waals surface area contributed by atoms with Gasteiger partial charge in [-0.15, -0.1) is 0 Å². The van der Waals surface area contributed by atoms with Crippen LogP contribution >= 0.6 is 0 Å². The SMILES string of the molecule is c1ccc(-c2ccc(-n3c4ccccc4c4cc(-c5ccc6c(c5)c5ccccc5n6-c5cccc6c5oc5cc(-c7ccccc7)ccc56)ccc43)cc2)cc1. The fourth-order valence-corrected chi connectivity index (χ4v) is 9.05. The molecule has 12 aromatic rings. The van der Waals surface area contributed by atoms with Gasteiger partial charge in [0.2, 0.25) is 0 Å². The van der Waals surface area contributed by atoms with Gasteiger partial charge in [-0.1, -0.05) is 140 Å². The van der Waals surface area contributed by atoms with E-state index in [9.17, 15) is 0 Å². The van der Waals surface area contributed by atoms with E-state index in [2.05, 4.69) is 215 Å². The van der Waals surface area contributed by atoms with Gasteiger partial charge in [0.1, 0.15) is 5.58 Å². The quantitative estimate of drug-likeness (QED) is 0.173. The Hall–Kier alpha value is -7.62. The molecule has 3 heteroatoms. The molecular weight excluding hydrogens is 693 g/mol. The molecule has 0 spiro atoms. The standard InChI is InChI=1S/C54H34N2O/c1-3-12-35(13-4-1)37-22-27-41(28-23-37)55-48-19-9-7-16-42(48)46-32-38(25-30-50(46)55)39-26-31-51-47(33-39)43-17-8-10-20-49(43)56(51)52-21-11-18-45-44-29-24-40(34-53(44)57-54(45)52)36-14-5-2-6-15-36/h1-34H. The Bertz CT molecular complexity index is 3490. The van der Waals surface area contributed by atoms with Gasteiger partial charge in [-0.3, -0.25) is 0 Å². The third-order valence-electron chi connectivity index (χ3n) is 11.7. The van der Waals surface area contributed by atoms with E-state index in [0.717, 1.165) is 49.9 Å². The molecule has 0 saturated heterocycles.